The summed E-state index contributed by atoms with van der Waals surface area (Å²) in [5, 5.41) is 2.74. The number of nitrogens with zero attached hydrogens (tertiary/aromatic N) is 1. The number of rotatable bonds is 1. The van der Waals surface area contributed by atoms with Crippen LogP contribution in [-0.4, -0.2) is 18.5 Å². The van der Waals surface area contributed by atoms with Crippen molar-refractivity contribution in [1.82, 2.24) is 5.32 Å². The summed E-state index contributed by atoms with van der Waals surface area (Å²) in [5.74, 6) is -0.160. The fraction of sp³-hybridized carbons (Fsp3) is 0.385. The molecule has 1 aromatic rings. The predicted octanol–water partition coefficient (Wildman–Crippen LogP) is 2.08. The molecule has 0 spiro atoms. The number of amides is 3. The van der Waals surface area contributed by atoms with Gasteiger partial charge in [-0.1, -0.05) is 12.1 Å². The first-order valence-electron chi connectivity index (χ1n) is 5.61. The van der Waals surface area contributed by atoms with Crippen LogP contribution in [0.2, 0.25) is 0 Å². The number of benzene rings is 1. The molecule has 1 saturated heterocycles. The number of hydrogen-bond acceptors (Lipinski definition) is 2. The zero-order chi connectivity index (χ0) is 12.6. The third-order valence-electron chi connectivity index (χ3n) is 2.93. The highest BCUT2D eigenvalue weighted by molar-refractivity contribution is 6.17. The van der Waals surface area contributed by atoms with Gasteiger partial charge in [-0.15, -0.1) is 0 Å². The first-order chi connectivity index (χ1) is 7.92. The smallest absolute Gasteiger partial charge is 0.328 e. The van der Waals surface area contributed by atoms with Crippen molar-refractivity contribution in [2.24, 2.45) is 5.41 Å². The number of aryl methyl sites for hydroxylation is 1. The molecule has 0 bridgehead atoms. The molecule has 0 aliphatic carbocycles. The summed E-state index contributed by atoms with van der Waals surface area (Å²) in [7, 11) is 0. The summed E-state index contributed by atoms with van der Waals surface area (Å²) in [6.07, 6.45) is 0. The van der Waals surface area contributed by atoms with E-state index in [1.165, 1.54) is 4.90 Å². The summed E-state index contributed by atoms with van der Waals surface area (Å²) < 4.78 is 0. The maximum absolute atomic E-state index is 12.2. The van der Waals surface area contributed by atoms with E-state index in [2.05, 4.69) is 5.32 Å². The molecule has 0 atom stereocenters. The second-order valence-corrected chi connectivity index (χ2v) is 5.02. The second kappa shape index (κ2) is 3.87. The molecule has 0 saturated carbocycles. The van der Waals surface area contributed by atoms with Crippen LogP contribution in [0.25, 0.3) is 0 Å². The molecule has 0 aromatic heterocycles. The Balaban J connectivity index is 2.42. The molecule has 1 aliphatic heterocycles. The molecule has 4 nitrogen and oxygen atoms in total. The molecule has 17 heavy (non-hydrogen) atoms. The van der Waals surface area contributed by atoms with Gasteiger partial charge in [0, 0.05) is 6.54 Å². The van der Waals surface area contributed by atoms with E-state index in [0.29, 0.717) is 12.2 Å². The van der Waals surface area contributed by atoms with Gasteiger partial charge in [0.05, 0.1) is 11.1 Å². The van der Waals surface area contributed by atoms with E-state index in [0.717, 1.165) is 5.56 Å². The molecule has 3 amide bonds. The van der Waals surface area contributed by atoms with Gasteiger partial charge in [-0.3, -0.25) is 4.79 Å². The van der Waals surface area contributed by atoms with Crippen LogP contribution in [0.1, 0.15) is 19.4 Å². The SMILES string of the molecule is Cc1cccc(N2C(=O)NCC(C)(C)C2=O)c1. The normalized spacial score (nSPS) is 19.1. The number of hydrogen-bond donors (Lipinski definition) is 1. The summed E-state index contributed by atoms with van der Waals surface area (Å²) in [6.45, 7) is 5.98. The average molecular weight is 232 g/mol. The lowest BCUT2D eigenvalue weighted by Crippen LogP contribution is -2.59. The second-order valence-electron chi connectivity index (χ2n) is 5.02. The highest BCUT2D eigenvalue weighted by Crippen LogP contribution is 2.27. The lowest BCUT2D eigenvalue weighted by atomic mass is 9.89. The van der Waals surface area contributed by atoms with E-state index in [4.69, 9.17) is 0 Å². The van der Waals surface area contributed by atoms with Gasteiger partial charge >= 0.3 is 6.03 Å². The third kappa shape index (κ3) is 2.02. The van der Waals surface area contributed by atoms with Gasteiger partial charge in [0.15, 0.2) is 0 Å². The maximum Gasteiger partial charge on any atom is 0.328 e. The van der Waals surface area contributed by atoms with Crippen LogP contribution < -0.4 is 10.2 Å². The molecule has 1 aliphatic rings. The van der Waals surface area contributed by atoms with Crippen molar-refractivity contribution in [3.8, 4) is 0 Å². The zero-order valence-corrected chi connectivity index (χ0v) is 10.3. The molecular formula is C13H16N2O2. The van der Waals surface area contributed by atoms with Crippen molar-refractivity contribution in [2.45, 2.75) is 20.8 Å². The highest BCUT2D eigenvalue weighted by atomic mass is 16.2. The Morgan fingerprint density at radius 1 is 1.29 bits per heavy atom. The molecule has 1 heterocycles. The fourth-order valence-corrected chi connectivity index (χ4v) is 1.85. The summed E-state index contributed by atoms with van der Waals surface area (Å²) in [4.78, 5) is 25.3. The van der Waals surface area contributed by atoms with Gasteiger partial charge in [-0.25, -0.2) is 9.69 Å². The van der Waals surface area contributed by atoms with E-state index in [9.17, 15) is 9.59 Å². The Bertz CT molecular complexity index is 480. The zero-order valence-electron chi connectivity index (χ0n) is 10.3. The third-order valence-corrected chi connectivity index (χ3v) is 2.93. The van der Waals surface area contributed by atoms with Crippen LogP contribution in [0.15, 0.2) is 24.3 Å². The minimum absolute atomic E-state index is 0.160. The van der Waals surface area contributed by atoms with Crippen LogP contribution in [-0.2, 0) is 4.79 Å². The quantitative estimate of drug-likeness (QED) is 0.805. The van der Waals surface area contributed by atoms with Gasteiger partial charge in [-0.05, 0) is 38.5 Å². The lowest BCUT2D eigenvalue weighted by molar-refractivity contribution is -0.126. The number of nitrogens with one attached hydrogen (secondary N) is 1. The van der Waals surface area contributed by atoms with E-state index in [-0.39, 0.29) is 11.9 Å². The molecule has 1 aromatic carbocycles. The Hall–Kier alpha value is -1.84. The summed E-state index contributed by atoms with van der Waals surface area (Å²) in [6, 6.07) is 7.03. The predicted molar refractivity (Wildman–Crippen MR) is 65.8 cm³/mol. The molecule has 2 rings (SSSR count). The van der Waals surface area contributed by atoms with Crippen LogP contribution in [0.3, 0.4) is 0 Å². The van der Waals surface area contributed by atoms with E-state index < -0.39 is 5.41 Å². The molecule has 1 N–H and O–H groups in total. The molecule has 0 unspecified atom stereocenters. The van der Waals surface area contributed by atoms with E-state index >= 15 is 0 Å². The van der Waals surface area contributed by atoms with Gasteiger partial charge in [0.1, 0.15) is 0 Å². The number of carbonyl (C=O) groups excluding carboxylic acids is 2. The van der Waals surface area contributed by atoms with Gasteiger partial charge in [-0.2, -0.15) is 0 Å². The van der Waals surface area contributed by atoms with Crippen LogP contribution in [0.4, 0.5) is 10.5 Å². The van der Waals surface area contributed by atoms with Crippen LogP contribution in [0, 0.1) is 12.3 Å². The molecule has 1 fully saturated rings. The highest BCUT2D eigenvalue weighted by Gasteiger charge is 2.40. The Morgan fingerprint density at radius 2 is 2.00 bits per heavy atom. The van der Waals surface area contributed by atoms with Crippen molar-refractivity contribution in [1.29, 1.82) is 0 Å². The number of carbonyl (C=O) groups is 2. The minimum atomic E-state index is -0.558. The lowest BCUT2D eigenvalue weighted by Gasteiger charge is -2.36. The first kappa shape index (κ1) is 11.6. The van der Waals surface area contributed by atoms with Crippen molar-refractivity contribution >= 4 is 17.6 Å². The molecule has 0 radical (unpaired) electrons. The van der Waals surface area contributed by atoms with Crippen molar-refractivity contribution < 1.29 is 9.59 Å². The fourth-order valence-electron chi connectivity index (χ4n) is 1.85. The number of imide groups is 1. The van der Waals surface area contributed by atoms with E-state index in [1.807, 2.05) is 39.0 Å². The van der Waals surface area contributed by atoms with Crippen molar-refractivity contribution in [3.05, 3.63) is 29.8 Å². The van der Waals surface area contributed by atoms with Gasteiger partial charge in [0.2, 0.25) is 5.91 Å². The topological polar surface area (TPSA) is 49.4 Å². The number of urea groups is 1. The maximum atomic E-state index is 12.2. The van der Waals surface area contributed by atoms with Gasteiger partial charge in [0.25, 0.3) is 0 Å². The largest absolute Gasteiger partial charge is 0.336 e. The molecule has 90 valence electrons. The minimum Gasteiger partial charge on any atom is -0.336 e. The molecular weight excluding hydrogens is 216 g/mol. The monoisotopic (exact) mass is 232 g/mol. The Kier molecular flexibility index (Phi) is 2.65. The summed E-state index contributed by atoms with van der Waals surface area (Å²) >= 11 is 0. The number of anilines is 1. The van der Waals surface area contributed by atoms with Crippen LogP contribution >= 0.6 is 0 Å². The van der Waals surface area contributed by atoms with Gasteiger partial charge < -0.3 is 5.32 Å². The van der Waals surface area contributed by atoms with E-state index in [1.54, 1.807) is 6.07 Å². The van der Waals surface area contributed by atoms with Crippen molar-refractivity contribution in [2.75, 3.05) is 11.4 Å². The standard InChI is InChI=1S/C13H16N2O2/c1-9-5-4-6-10(7-9)15-11(16)13(2,3)8-14-12(15)17/h4-7H,8H2,1-3H3,(H,14,17). The van der Waals surface area contributed by atoms with Crippen molar-refractivity contribution in [3.63, 3.8) is 0 Å². The Labute approximate surface area is 101 Å². The first-order valence-corrected chi connectivity index (χ1v) is 5.61. The molecule has 4 heteroatoms. The average Bonchev–Trinajstić information content (AvgIpc) is 2.25. The Morgan fingerprint density at radius 3 is 2.65 bits per heavy atom. The van der Waals surface area contributed by atoms with Crippen LogP contribution in [0.5, 0.6) is 0 Å². The summed E-state index contributed by atoms with van der Waals surface area (Å²) in [5.41, 5.74) is 1.09.